The Balaban J connectivity index is 2.94. The van der Waals surface area contributed by atoms with Crippen molar-refractivity contribution in [1.29, 1.82) is 0 Å². The second kappa shape index (κ2) is 5.27. The zero-order valence-electron chi connectivity index (χ0n) is 7.85. The monoisotopic (exact) mass is 233 g/mol. The lowest BCUT2D eigenvalue weighted by molar-refractivity contribution is 0.00347. The first-order valence-electron chi connectivity index (χ1n) is 4.41. The number of aromatic nitrogens is 1. The van der Waals surface area contributed by atoms with E-state index < -0.39 is 17.8 Å². The van der Waals surface area contributed by atoms with Crippen LogP contribution in [-0.4, -0.2) is 33.0 Å². The van der Waals surface area contributed by atoms with Crippen LogP contribution in [0.15, 0.2) is 17.1 Å². The Kier molecular flexibility index (Phi) is 4.28. The van der Waals surface area contributed by atoms with E-state index in [2.05, 4.69) is 4.98 Å². The van der Waals surface area contributed by atoms with Gasteiger partial charge >= 0.3 is 0 Å². The average Bonchev–Trinajstić information content (AvgIpc) is 2.21. The number of pyridine rings is 1. The van der Waals surface area contributed by atoms with Crippen molar-refractivity contribution in [1.82, 2.24) is 4.98 Å². The molecule has 0 aromatic carbocycles. The van der Waals surface area contributed by atoms with E-state index in [4.69, 9.17) is 16.7 Å². The van der Waals surface area contributed by atoms with Crippen molar-refractivity contribution in [3.05, 3.63) is 33.2 Å². The van der Waals surface area contributed by atoms with Crippen molar-refractivity contribution in [2.45, 2.75) is 18.6 Å². The van der Waals surface area contributed by atoms with Gasteiger partial charge in [0.1, 0.15) is 6.10 Å². The normalized spacial score (nSPS) is 14.9. The van der Waals surface area contributed by atoms with Gasteiger partial charge in [-0.2, -0.15) is 0 Å². The van der Waals surface area contributed by atoms with Crippen molar-refractivity contribution < 1.29 is 15.3 Å². The maximum absolute atomic E-state index is 11.3. The van der Waals surface area contributed by atoms with Gasteiger partial charge in [0.25, 0.3) is 5.56 Å². The smallest absolute Gasteiger partial charge is 0.253 e. The van der Waals surface area contributed by atoms with Gasteiger partial charge in [-0.25, -0.2) is 0 Å². The van der Waals surface area contributed by atoms with Crippen molar-refractivity contribution in [3.63, 3.8) is 0 Å². The third kappa shape index (κ3) is 3.04. The molecule has 0 saturated carbocycles. The number of aromatic amines is 1. The number of hydrogen-bond acceptors (Lipinski definition) is 4. The zero-order chi connectivity index (χ0) is 11.4. The fraction of sp³-hybridized carbons (Fsp3) is 0.444. The van der Waals surface area contributed by atoms with Crippen molar-refractivity contribution in [2.75, 3.05) is 6.61 Å². The largest absolute Gasteiger partial charge is 0.396 e. The minimum Gasteiger partial charge on any atom is -0.396 e. The van der Waals surface area contributed by atoms with E-state index >= 15 is 0 Å². The highest BCUT2D eigenvalue weighted by Gasteiger charge is 2.20. The summed E-state index contributed by atoms with van der Waals surface area (Å²) < 4.78 is 0. The van der Waals surface area contributed by atoms with E-state index in [0.29, 0.717) is 0 Å². The summed E-state index contributed by atoms with van der Waals surface area (Å²) >= 11 is 5.63. The Morgan fingerprint density at radius 1 is 1.47 bits per heavy atom. The summed E-state index contributed by atoms with van der Waals surface area (Å²) in [7, 11) is 0. The summed E-state index contributed by atoms with van der Waals surface area (Å²) in [4.78, 5) is 13.6. The van der Waals surface area contributed by atoms with Crippen LogP contribution in [0.1, 0.15) is 18.1 Å². The highest BCUT2D eigenvalue weighted by molar-refractivity contribution is 6.30. The molecule has 1 aromatic rings. The molecule has 4 N–H and O–H groups in total. The van der Waals surface area contributed by atoms with E-state index in [0.717, 1.165) is 0 Å². The lowest BCUT2D eigenvalue weighted by Gasteiger charge is -2.16. The van der Waals surface area contributed by atoms with Crippen molar-refractivity contribution in [3.8, 4) is 0 Å². The molecule has 1 aromatic heterocycles. The summed E-state index contributed by atoms with van der Waals surface area (Å²) in [6, 6.07) is 1.28. The van der Waals surface area contributed by atoms with Crippen LogP contribution in [0, 0.1) is 0 Å². The number of nitrogens with one attached hydrogen (secondary N) is 1. The first kappa shape index (κ1) is 12.2. The first-order chi connectivity index (χ1) is 7.06. The van der Waals surface area contributed by atoms with E-state index in [9.17, 15) is 15.0 Å². The SMILES string of the molecule is O=c1[nH]cc(Cl)cc1C(O)C(O)CCO. The van der Waals surface area contributed by atoms with Gasteiger partial charge in [-0.05, 0) is 12.5 Å². The summed E-state index contributed by atoms with van der Waals surface area (Å²) in [6.45, 7) is -0.267. The van der Waals surface area contributed by atoms with E-state index in [1.807, 2.05) is 0 Å². The van der Waals surface area contributed by atoms with Gasteiger partial charge < -0.3 is 20.3 Å². The Morgan fingerprint density at radius 3 is 2.73 bits per heavy atom. The van der Waals surface area contributed by atoms with Crippen LogP contribution < -0.4 is 5.56 Å². The molecule has 0 saturated heterocycles. The molecule has 0 aliphatic rings. The fourth-order valence-electron chi connectivity index (χ4n) is 1.19. The van der Waals surface area contributed by atoms with Crippen LogP contribution >= 0.6 is 11.6 Å². The molecular weight excluding hydrogens is 222 g/mol. The lowest BCUT2D eigenvalue weighted by atomic mass is 10.0. The van der Waals surface area contributed by atoms with Crippen LogP contribution in [0.2, 0.25) is 5.02 Å². The van der Waals surface area contributed by atoms with Gasteiger partial charge in [0.2, 0.25) is 0 Å². The fourth-order valence-corrected chi connectivity index (χ4v) is 1.36. The molecular formula is C9H12ClNO4. The number of halogens is 1. The molecule has 1 rings (SSSR count). The van der Waals surface area contributed by atoms with E-state index in [-0.39, 0.29) is 23.6 Å². The standard InChI is InChI=1S/C9H12ClNO4/c10-5-3-6(9(15)11-4-5)8(14)7(13)1-2-12/h3-4,7-8,12-14H,1-2H2,(H,11,15). The number of aliphatic hydroxyl groups is 3. The molecule has 0 aliphatic heterocycles. The molecule has 84 valence electrons. The topological polar surface area (TPSA) is 93.6 Å². The molecule has 2 unspecified atom stereocenters. The van der Waals surface area contributed by atoms with Crippen molar-refractivity contribution in [2.24, 2.45) is 0 Å². The molecule has 0 spiro atoms. The zero-order valence-corrected chi connectivity index (χ0v) is 8.61. The minimum absolute atomic E-state index is 0.00683. The molecule has 5 nitrogen and oxygen atoms in total. The lowest BCUT2D eigenvalue weighted by Crippen LogP contribution is -2.25. The predicted octanol–water partition coefficient (Wildman–Crippen LogP) is -0.195. The van der Waals surface area contributed by atoms with Gasteiger partial charge in [0.05, 0.1) is 11.1 Å². The van der Waals surface area contributed by atoms with E-state index in [1.54, 1.807) is 0 Å². The van der Waals surface area contributed by atoms with Gasteiger partial charge in [-0.1, -0.05) is 11.6 Å². The maximum atomic E-state index is 11.3. The number of H-pyrrole nitrogens is 1. The van der Waals surface area contributed by atoms with Gasteiger partial charge in [-0.3, -0.25) is 4.79 Å². The summed E-state index contributed by atoms with van der Waals surface area (Å²) in [5.41, 5.74) is -0.521. The van der Waals surface area contributed by atoms with Gasteiger partial charge in [-0.15, -0.1) is 0 Å². The summed E-state index contributed by atoms with van der Waals surface area (Å²) in [6.07, 6.45) is -1.25. The van der Waals surface area contributed by atoms with Crippen molar-refractivity contribution >= 4 is 11.6 Å². The van der Waals surface area contributed by atoms with Crippen LogP contribution in [0.3, 0.4) is 0 Å². The third-order valence-electron chi connectivity index (χ3n) is 2.00. The molecule has 0 radical (unpaired) electrons. The second-order valence-electron chi connectivity index (χ2n) is 3.13. The minimum atomic E-state index is -1.35. The first-order valence-corrected chi connectivity index (χ1v) is 4.79. The maximum Gasteiger partial charge on any atom is 0.253 e. The molecule has 0 amide bonds. The highest BCUT2D eigenvalue weighted by atomic mass is 35.5. The van der Waals surface area contributed by atoms with Crippen LogP contribution in [-0.2, 0) is 0 Å². The second-order valence-corrected chi connectivity index (χ2v) is 3.56. The molecule has 1 heterocycles. The number of rotatable bonds is 4. The quantitative estimate of drug-likeness (QED) is 0.580. The summed E-state index contributed by atoms with van der Waals surface area (Å²) in [5, 5.41) is 27.8. The van der Waals surface area contributed by atoms with Gasteiger partial charge in [0.15, 0.2) is 0 Å². The van der Waals surface area contributed by atoms with Crippen LogP contribution in [0.5, 0.6) is 0 Å². The molecule has 0 aliphatic carbocycles. The highest BCUT2D eigenvalue weighted by Crippen LogP contribution is 2.17. The Morgan fingerprint density at radius 2 is 2.13 bits per heavy atom. The average molecular weight is 234 g/mol. The number of aliphatic hydroxyl groups excluding tert-OH is 3. The third-order valence-corrected chi connectivity index (χ3v) is 2.22. The Labute approximate surface area is 91.0 Å². The van der Waals surface area contributed by atoms with Gasteiger partial charge in [0, 0.05) is 18.4 Å². The molecule has 6 heteroatoms. The summed E-state index contributed by atoms with van der Waals surface area (Å²) in [5.74, 6) is 0. The number of hydrogen-bond donors (Lipinski definition) is 4. The molecule has 0 bridgehead atoms. The molecule has 2 atom stereocenters. The predicted molar refractivity (Wildman–Crippen MR) is 54.7 cm³/mol. The Hall–Kier alpha value is -0.880. The molecule has 0 fully saturated rings. The Bertz CT molecular complexity index is 379. The van der Waals surface area contributed by atoms with Crippen LogP contribution in [0.4, 0.5) is 0 Å². The van der Waals surface area contributed by atoms with Crippen LogP contribution in [0.25, 0.3) is 0 Å². The molecule has 15 heavy (non-hydrogen) atoms. The van der Waals surface area contributed by atoms with E-state index in [1.165, 1.54) is 12.3 Å².